The highest BCUT2D eigenvalue weighted by atomic mass is 127. The highest BCUT2D eigenvalue weighted by Crippen LogP contribution is 2.08. The van der Waals surface area contributed by atoms with Gasteiger partial charge < -0.3 is 10.6 Å². The molecule has 0 fully saturated rings. The molecule has 0 saturated carbocycles. The van der Waals surface area contributed by atoms with E-state index in [4.69, 9.17) is 4.99 Å². The van der Waals surface area contributed by atoms with Crippen LogP contribution in [0.3, 0.4) is 0 Å². The Morgan fingerprint density at radius 1 is 1.11 bits per heavy atom. The number of aromatic nitrogens is 2. The summed E-state index contributed by atoms with van der Waals surface area (Å²) >= 11 is 0. The van der Waals surface area contributed by atoms with Crippen LogP contribution in [0.5, 0.6) is 0 Å². The third-order valence-electron chi connectivity index (χ3n) is 4.41. The summed E-state index contributed by atoms with van der Waals surface area (Å²) in [7, 11) is 0. The Hall–Kier alpha value is -1.61. The summed E-state index contributed by atoms with van der Waals surface area (Å²) in [5.41, 5.74) is 2.14. The average molecular weight is 498 g/mol. The third-order valence-corrected chi connectivity index (χ3v) is 4.41. The number of nitrogens with zero attached hydrogens (tertiary/aromatic N) is 4. The minimum absolute atomic E-state index is 0. The molecule has 0 aliphatic rings. The van der Waals surface area contributed by atoms with Crippen LogP contribution < -0.4 is 10.6 Å². The molecule has 28 heavy (non-hydrogen) atoms. The van der Waals surface area contributed by atoms with Gasteiger partial charge in [-0.2, -0.15) is 5.10 Å². The predicted molar refractivity (Wildman–Crippen MR) is 129 cm³/mol. The number of halogens is 1. The standard InChI is InChI=1S/C21H34N6.HI/c1-6-22-21(23-12-13-26(17(2)3)18(4)5)24-14-19-15-25-27(16-19)20-10-8-7-9-11-20;/h7-11,15-18H,6,12-14H2,1-5H3,(H2,22,23,24);1H. The Kier molecular flexibility index (Phi) is 11.1. The van der Waals surface area contributed by atoms with E-state index in [1.54, 1.807) is 0 Å². The highest BCUT2D eigenvalue weighted by Gasteiger charge is 2.12. The van der Waals surface area contributed by atoms with E-state index in [0.29, 0.717) is 18.6 Å². The van der Waals surface area contributed by atoms with Crippen LogP contribution in [0.25, 0.3) is 5.69 Å². The zero-order valence-corrected chi connectivity index (χ0v) is 20.1. The van der Waals surface area contributed by atoms with Crippen molar-refractivity contribution in [2.75, 3.05) is 19.6 Å². The minimum atomic E-state index is 0. The van der Waals surface area contributed by atoms with E-state index in [9.17, 15) is 0 Å². The maximum Gasteiger partial charge on any atom is 0.191 e. The van der Waals surface area contributed by atoms with E-state index in [2.05, 4.69) is 55.3 Å². The van der Waals surface area contributed by atoms with Crippen LogP contribution in [0.4, 0.5) is 0 Å². The third kappa shape index (κ3) is 7.79. The van der Waals surface area contributed by atoms with E-state index in [1.165, 1.54) is 0 Å². The zero-order chi connectivity index (χ0) is 19.6. The average Bonchev–Trinajstić information content (AvgIpc) is 3.12. The lowest BCUT2D eigenvalue weighted by molar-refractivity contribution is 0.178. The molecule has 0 spiro atoms. The van der Waals surface area contributed by atoms with Crippen molar-refractivity contribution in [3.8, 4) is 5.69 Å². The fourth-order valence-electron chi connectivity index (χ4n) is 3.09. The summed E-state index contributed by atoms with van der Waals surface area (Å²) in [6.45, 7) is 14.3. The number of guanidine groups is 1. The van der Waals surface area contributed by atoms with Gasteiger partial charge in [-0.3, -0.25) is 4.90 Å². The van der Waals surface area contributed by atoms with Crippen molar-refractivity contribution in [2.24, 2.45) is 4.99 Å². The van der Waals surface area contributed by atoms with E-state index in [-0.39, 0.29) is 24.0 Å². The van der Waals surface area contributed by atoms with Gasteiger partial charge in [0, 0.05) is 43.5 Å². The molecular weight excluding hydrogens is 463 g/mol. The van der Waals surface area contributed by atoms with Crippen LogP contribution in [-0.2, 0) is 6.54 Å². The number of nitrogens with one attached hydrogen (secondary N) is 2. The van der Waals surface area contributed by atoms with E-state index < -0.39 is 0 Å². The zero-order valence-electron chi connectivity index (χ0n) is 17.7. The number of para-hydroxylation sites is 1. The molecule has 2 rings (SSSR count). The molecule has 0 aliphatic heterocycles. The molecule has 0 aliphatic carbocycles. The van der Waals surface area contributed by atoms with Gasteiger partial charge in [0.25, 0.3) is 0 Å². The van der Waals surface area contributed by atoms with Crippen molar-refractivity contribution in [1.82, 2.24) is 25.3 Å². The van der Waals surface area contributed by atoms with Crippen LogP contribution in [0.1, 0.15) is 40.2 Å². The summed E-state index contributed by atoms with van der Waals surface area (Å²) in [5, 5.41) is 11.2. The molecular formula is C21H35IN6. The molecule has 1 aromatic carbocycles. The fraction of sp³-hybridized carbons (Fsp3) is 0.524. The molecule has 2 N–H and O–H groups in total. The number of hydrogen-bond acceptors (Lipinski definition) is 3. The van der Waals surface area contributed by atoms with Gasteiger partial charge in [0.2, 0.25) is 0 Å². The van der Waals surface area contributed by atoms with Gasteiger partial charge in [-0.05, 0) is 46.8 Å². The van der Waals surface area contributed by atoms with Crippen LogP contribution >= 0.6 is 24.0 Å². The molecule has 1 aromatic heterocycles. The molecule has 0 atom stereocenters. The summed E-state index contributed by atoms with van der Waals surface area (Å²) in [5.74, 6) is 0.845. The first-order valence-electron chi connectivity index (χ1n) is 9.88. The normalized spacial score (nSPS) is 11.8. The molecule has 2 aromatic rings. The van der Waals surface area contributed by atoms with Crippen molar-refractivity contribution in [3.63, 3.8) is 0 Å². The number of aliphatic imine (C=N–C) groups is 1. The molecule has 6 nitrogen and oxygen atoms in total. The maximum absolute atomic E-state index is 4.70. The first-order valence-corrected chi connectivity index (χ1v) is 9.88. The lowest BCUT2D eigenvalue weighted by Crippen LogP contribution is -2.45. The largest absolute Gasteiger partial charge is 0.357 e. The number of hydrogen-bond donors (Lipinski definition) is 2. The molecule has 0 unspecified atom stereocenters. The Morgan fingerprint density at radius 3 is 2.39 bits per heavy atom. The van der Waals surface area contributed by atoms with Gasteiger partial charge in [0.05, 0.1) is 18.4 Å². The van der Waals surface area contributed by atoms with Gasteiger partial charge >= 0.3 is 0 Å². The van der Waals surface area contributed by atoms with Gasteiger partial charge in [0.1, 0.15) is 0 Å². The lowest BCUT2D eigenvalue weighted by Gasteiger charge is -2.30. The van der Waals surface area contributed by atoms with Gasteiger partial charge in [-0.15, -0.1) is 24.0 Å². The second-order valence-corrected chi connectivity index (χ2v) is 7.18. The summed E-state index contributed by atoms with van der Waals surface area (Å²) in [6.07, 6.45) is 3.90. The highest BCUT2D eigenvalue weighted by molar-refractivity contribution is 14.0. The van der Waals surface area contributed by atoms with Crippen LogP contribution in [0.15, 0.2) is 47.7 Å². The first-order chi connectivity index (χ1) is 13.0. The molecule has 1 heterocycles. The molecule has 7 heteroatoms. The summed E-state index contributed by atoms with van der Waals surface area (Å²) < 4.78 is 1.88. The van der Waals surface area contributed by atoms with E-state index in [1.807, 2.05) is 47.4 Å². The second kappa shape index (κ2) is 12.8. The monoisotopic (exact) mass is 498 g/mol. The van der Waals surface area contributed by atoms with Crippen molar-refractivity contribution in [1.29, 1.82) is 0 Å². The number of benzene rings is 1. The SMILES string of the molecule is CCNC(=NCc1cnn(-c2ccccc2)c1)NCCN(C(C)C)C(C)C.I. The minimum Gasteiger partial charge on any atom is -0.357 e. The Labute approximate surface area is 186 Å². The van der Waals surface area contributed by atoms with Crippen molar-refractivity contribution in [2.45, 2.75) is 53.2 Å². The van der Waals surface area contributed by atoms with E-state index >= 15 is 0 Å². The van der Waals surface area contributed by atoms with Gasteiger partial charge in [-0.1, -0.05) is 18.2 Å². The summed E-state index contributed by atoms with van der Waals surface area (Å²) in [6, 6.07) is 11.2. The lowest BCUT2D eigenvalue weighted by atomic mass is 10.2. The summed E-state index contributed by atoms with van der Waals surface area (Å²) in [4.78, 5) is 7.17. The van der Waals surface area contributed by atoms with Crippen LogP contribution in [-0.4, -0.2) is 52.4 Å². The van der Waals surface area contributed by atoms with Crippen molar-refractivity contribution in [3.05, 3.63) is 48.3 Å². The van der Waals surface area contributed by atoms with Gasteiger partial charge in [-0.25, -0.2) is 9.67 Å². The Balaban J connectivity index is 0.00000392. The second-order valence-electron chi connectivity index (χ2n) is 7.18. The molecule has 0 bridgehead atoms. The number of rotatable bonds is 9. The first kappa shape index (κ1) is 24.4. The van der Waals surface area contributed by atoms with Crippen LogP contribution in [0.2, 0.25) is 0 Å². The molecule has 0 amide bonds. The van der Waals surface area contributed by atoms with E-state index in [0.717, 1.165) is 36.8 Å². The van der Waals surface area contributed by atoms with Gasteiger partial charge in [0.15, 0.2) is 5.96 Å². The predicted octanol–water partition coefficient (Wildman–Crippen LogP) is 3.66. The van der Waals surface area contributed by atoms with Crippen molar-refractivity contribution >= 4 is 29.9 Å². The molecule has 156 valence electrons. The quantitative estimate of drug-likeness (QED) is 0.315. The molecule has 0 saturated heterocycles. The topological polar surface area (TPSA) is 57.5 Å². The Bertz CT molecular complexity index is 688. The smallest absolute Gasteiger partial charge is 0.191 e. The molecule has 0 radical (unpaired) electrons. The Morgan fingerprint density at radius 2 is 1.79 bits per heavy atom. The van der Waals surface area contributed by atoms with Crippen molar-refractivity contribution < 1.29 is 0 Å². The van der Waals surface area contributed by atoms with Crippen LogP contribution in [0, 0.1) is 0 Å². The fourth-order valence-corrected chi connectivity index (χ4v) is 3.09. The maximum atomic E-state index is 4.70.